The SMILES string of the molecule is CCc1ccc(NS(=O)(=O)c2ccc3c(c2)NC(=O)[C@H](C(=O)N2CCCCCC2)S3)cc1. The summed E-state index contributed by atoms with van der Waals surface area (Å²) in [6.07, 6.45) is 4.99. The number of benzene rings is 2. The number of carbonyl (C=O) groups excluding carboxylic acids is 2. The van der Waals surface area contributed by atoms with Crippen LogP contribution < -0.4 is 10.0 Å². The molecule has 2 N–H and O–H groups in total. The topological polar surface area (TPSA) is 95.6 Å². The summed E-state index contributed by atoms with van der Waals surface area (Å²) in [5.74, 6) is -0.580. The molecule has 1 fully saturated rings. The number of anilines is 2. The largest absolute Gasteiger partial charge is 0.341 e. The minimum Gasteiger partial charge on any atom is -0.341 e. The third-order valence-corrected chi connectivity index (χ3v) is 8.40. The molecule has 2 heterocycles. The van der Waals surface area contributed by atoms with Gasteiger partial charge in [0.15, 0.2) is 5.25 Å². The summed E-state index contributed by atoms with van der Waals surface area (Å²) in [6.45, 7) is 3.39. The molecular formula is C23H27N3O4S2. The second-order valence-corrected chi connectivity index (χ2v) is 10.9. The summed E-state index contributed by atoms with van der Waals surface area (Å²) >= 11 is 1.18. The molecule has 0 spiro atoms. The minimum absolute atomic E-state index is 0.0500. The lowest BCUT2D eigenvalue weighted by Crippen LogP contribution is -2.45. The Bertz CT molecular complexity index is 1110. The fourth-order valence-corrected chi connectivity index (χ4v) is 6.04. The number of sulfonamides is 1. The summed E-state index contributed by atoms with van der Waals surface area (Å²) < 4.78 is 28.3. The van der Waals surface area contributed by atoms with Crippen LogP contribution >= 0.6 is 11.8 Å². The van der Waals surface area contributed by atoms with Crippen LogP contribution in [-0.4, -0.2) is 43.5 Å². The molecule has 2 aliphatic rings. The van der Waals surface area contributed by atoms with E-state index in [1.54, 1.807) is 23.1 Å². The first-order chi connectivity index (χ1) is 15.4. The van der Waals surface area contributed by atoms with Crippen LogP contribution in [0.1, 0.15) is 38.2 Å². The van der Waals surface area contributed by atoms with E-state index in [9.17, 15) is 18.0 Å². The molecule has 2 aromatic rings. The fraction of sp³-hybridized carbons (Fsp3) is 0.391. The van der Waals surface area contributed by atoms with Gasteiger partial charge in [0, 0.05) is 23.7 Å². The van der Waals surface area contributed by atoms with Crippen LogP contribution in [0, 0.1) is 0 Å². The van der Waals surface area contributed by atoms with Gasteiger partial charge in [0.25, 0.3) is 10.0 Å². The van der Waals surface area contributed by atoms with Gasteiger partial charge in [-0.1, -0.05) is 31.9 Å². The number of hydrogen-bond acceptors (Lipinski definition) is 5. The highest BCUT2D eigenvalue weighted by atomic mass is 32.2. The van der Waals surface area contributed by atoms with Gasteiger partial charge in [-0.2, -0.15) is 0 Å². The van der Waals surface area contributed by atoms with Gasteiger partial charge >= 0.3 is 0 Å². The van der Waals surface area contributed by atoms with Crippen LogP contribution in [-0.2, 0) is 26.0 Å². The van der Waals surface area contributed by atoms with Crippen molar-refractivity contribution in [3.63, 3.8) is 0 Å². The molecule has 2 amide bonds. The van der Waals surface area contributed by atoms with Crippen molar-refractivity contribution in [2.45, 2.75) is 54.1 Å². The summed E-state index contributed by atoms with van der Waals surface area (Å²) in [6, 6.07) is 11.8. The van der Waals surface area contributed by atoms with Crippen LogP contribution in [0.3, 0.4) is 0 Å². The van der Waals surface area contributed by atoms with E-state index < -0.39 is 21.2 Å². The lowest BCUT2D eigenvalue weighted by Gasteiger charge is -2.28. The molecule has 2 aliphatic heterocycles. The Kier molecular flexibility index (Phi) is 6.76. The molecule has 4 rings (SSSR count). The van der Waals surface area contributed by atoms with Crippen LogP contribution in [0.4, 0.5) is 11.4 Å². The quantitative estimate of drug-likeness (QED) is 0.643. The zero-order valence-electron chi connectivity index (χ0n) is 18.0. The zero-order valence-corrected chi connectivity index (χ0v) is 19.6. The van der Waals surface area contributed by atoms with Crippen molar-refractivity contribution < 1.29 is 18.0 Å². The molecule has 2 aromatic carbocycles. The van der Waals surface area contributed by atoms with E-state index in [2.05, 4.69) is 10.0 Å². The Hall–Kier alpha value is -2.52. The van der Waals surface area contributed by atoms with Gasteiger partial charge in [-0.15, -0.1) is 11.8 Å². The van der Waals surface area contributed by atoms with Crippen molar-refractivity contribution in [1.29, 1.82) is 0 Å². The molecule has 7 nitrogen and oxygen atoms in total. The van der Waals surface area contributed by atoms with Gasteiger partial charge in [0.1, 0.15) is 0 Å². The van der Waals surface area contributed by atoms with Crippen molar-refractivity contribution >= 4 is 45.0 Å². The normalized spacial score (nSPS) is 19.0. The summed E-state index contributed by atoms with van der Waals surface area (Å²) in [7, 11) is -3.82. The molecule has 0 aliphatic carbocycles. The number of nitrogens with zero attached hydrogens (tertiary/aromatic N) is 1. The van der Waals surface area contributed by atoms with E-state index >= 15 is 0 Å². The van der Waals surface area contributed by atoms with Crippen molar-refractivity contribution in [2.24, 2.45) is 0 Å². The van der Waals surface area contributed by atoms with Crippen molar-refractivity contribution in [2.75, 3.05) is 23.1 Å². The van der Waals surface area contributed by atoms with Gasteiger partial charge in [-0.25, -0.2) is 8.42 Å². The average molecular weight is 474 g/mol. The van der Waals surface area contributed by atoms with Crippen molar-refractivity contribution in [3.05, 3.63) is 48.0 Å². The first-order valence-corrected chi connectivity index (χ1v) is 13.3. The summed E-state index contributed by atoms with van der Waals surface area (Å²) in [4.78, 5) is 28.1. The molecule has 1 saturated heterocycles. The number of hydrogen-bond donors (Lipinski definition) is 2. The molecule has 0 bridgehead atoms. The molecule has 0 aromatic heterocycles. The van der Waals surface area contributed by atoms with Crippen LogP contribution in [0.25, 0.3) is 0 Å². The van der Waals surface area contributed by atoms with E-state index in [1.807, 2.05) is 19.1 Å². The Morgan fingerprint density at radius 2 is 1.78 bits per heavy atom. The predicted molar refractivity (Wildman–Crippen MR) is 126 cm³/mol. The highest BCUT2D eigenvalue weighted by Gasteiger charge is 2.36. The van der Waals surface area contributed by atoms with Gasteiger partial charge in [-0.3, -0.25) is 14.3 Å². The molecule has 0 saturated carbocycles. The summed E-state index contributed by atoms with van der Waals surface area (Å²) in [5, 5.41) is 1.89. The maximum Gasteiger partial charge on any atom is 0.261 e. The maximum absolute atomic E-state index is 12.9. The Morgan fingerprint density at radius 3 is 2.44 bits per heavy atom. The number of amides is 2. The van der Waals surface area contributed by atoms with E-state index in [4.69, 9.17) is 0 Å². The van der Waals surface area contributed by atoms with Crippen molar-refractivity contribution in [3.8, 4) is 0 Å². The average Bonchev–Trinajstić information content (AvgIpc) is 3.08. The second-order valence-electron chi connectivity index (χ2n) is 8.04. The van der Waals surface area contributed by atoms with Crippen LogP contribution in [0.15, 0.2) is 52.3 Å². The van der Waals surface area contributed by atoms with Gasteiger partial charge in [-0.05, 0) is 55.2 Å². The maximum atomic E-state index is 12.9. The second kappa shape index (κ2) is 9.54. The number of thioether (sulfide) groups is 1. The van der Waals surface area contributed by atoms with E-state index in [0.29, 0.717) is 29.4 Å². The molecule has 9 heteroatoms. The molecule has 0 radical (unpaired) electrons. The molecule has 170 valence electrons. The lowest BCUT2D eigenvalue weighted by molar-refractivity contribution is -0.133. The van der Waals surface area contributed by atoms with Crippen molar-refractivity contribution in [1.82, 2.24) is 4.90 Å². The Balaban J connectivity index is 1.51. The van der Waals surface area contributed by atoms with Crippen LogP contribution in [0.2, 0.25) is 0 Å². The standard InChI is InChI=1S/C23H27N3O4S2/c1-2-16-7-9-17(10-8-16)25-32(29,30)18-11-12-20-19(15-18)24-22(27)21(31-20)23(28)26-13-5-3-4-6-14-26/h7-12,15,21,25H,2-6,13-14H2,1H3,(H,24,27)/t21-/m1/s1. The number of nitrogens with one attached hydrogen (secondary N) is 2. The third kappa shape index (κ3) is 4.94. The first kappa shape index (κ1) is 22.7. The highest BCUT2D eigenvalue weighted by Crippen LogP contribution is 2.38. The minimum atomic E-state index is -3.82. The number of fused-ring (bicyclic) bond motifs is 1. The Morgan fingerprint density at radius 1 is 1.09 bits per heavy atom. The predicted octanol–water partition coefficient (Wildman–Crippen LogP) is 3.87. The molecule has 0 unspecified atom stereocenters. The number of aryl methyl sites for hydroxylation is 1. The Labute approximate surface area is 193 Å². The number of likely N-dealkylation sites (tertiary alicyclic amines) is 1. The van der Waals surface area contributed by atoms with E-state index in [0.717, 1.165) is 37.7 Å². The van der Waals surface area contributed by atoms with E-state index in [-0.39, 0.29) is 10.8 Å². The van der Waals surface area contributed by atoms with Gasteiger partial charge < -0.3 is 10.2 Å². The van der Waals surface area contributed by atoms with E-state index in [1.165, 1.54) is 23.9 Å². The smallest absolute Gasteiger partial charge is 0.261 e. The fourth-order valence-electron chi connectivity index (χ4n) is 3.90. The molecular weight excluding hydrogens is 446 g/mol. The van der Waals surface area contributed by atoms with Gasteiger partial charge in [0.2, 0.25) is 11.8 Å². The molecule has 32 heavy (non-hydrogen) atoms. The third-order valence-electron chi connectivity index (χ3n) is 5.76. The van der Waals surface area contributed by atoms with Crippen LogP contribution in [0.5, 0.6) is 0 Å². The first-order valence-electron chi connectivity index (χ1n) is 10.9. The number of carbonyl (C=O) groups is 2. The highest BCUT2D eigenvalue weighted by molar-refractivity contribution is 8.01. The zero-order chi connectivity index (χ0) is 22.7. The summed E-state index contributed by atoms with van der Waals surface area (Å²) in [5.41, 5.74) is 2.00. The monoisotopic (exact) mass is 473 g/mol. The molecule has 1 atom stereocenters. The number of rotatable bonds is 5. The lowest BCUT2D eigenvalue weighted by atomic mass is 10.2. The van der Waals surface area contributed by atoms with Gasteiger partial charge in [0.05, 0.1) is 10.6 Å².